The Balaban J connectivity index is 1.32. The van der Waals surface area contributed by atoms with Crippen LogP contribution in [0.4, 0.5) is 0 Å². The van der Waals surface area contributed by atoms with Gasteiger partial charge in [0.1, 0.15) is 12.7 Å². The van der Waals surface area contributed by atoms with Gasteiger partial charge in [0.2, 0.25) is 0 Å². The van der Waals surface area contributed by atoms with Crippen LogP contribution in [-0.2, 0) is 0 Å². The number of pyridine rings is 1. The van der Waals surface area contributed by atoms with Crippen molar-refractivity contribution in [1.29, 1.82) is 0 Å². The smallest absolute Gasteiger partial charge is 0.115 e. The molecule has 5 nitrogen and oxygen atoms in total. The SMILES string of the molecule is c1cnc2c(-c3ccc4ccc5c(-c6cc(-c7cncnc7)cc(-c7cncnc7)c6)ccc6ccc3c4c65)cccc2c1. The third-order valence-corrected chi connectivity index (χ3v) is 8.62. The minimum atomic E-state index is 0.957. The molecule has 0 spiro atoms. The third-order valence-electron chi connectivity index (χ3n) is 8.62. The molecule has 0 amide bonds. The van der Waals surface area contributed by atoms with Crippen LogP contribution in [0.5, 0.6) is 0 Å². The number of hydrogen-bond donors (Lipinski definition) is 0. The quantitative estimate of drug-likeness (QED) is 0.200. The number of rotatable bonds is 4. The summed E-state index contributed by atoms with van der Waals surface area (Å²) in [6.45, 7) is 0. The van der Waals surface area contributed by atoms with Crippen LogP contribution in [0.2, 0.25) is 0 Å². The zero-order valence-electron chi connectivity index (χ0n) is 23.5. The van der Waals surface area contributed by atoms with E-state index in [0.717, 1.165) is 44.3 Å². The van der Waals surface area contributed by atoms with Crippen molar-refractivity contribution >= 4 is 43.2 Å². The fraction of sp³-hybridized carbons (Fsp3) is 0. The fourth-order valence-electron chi connectivity index (χ4n) is 6.62. The Bertz CT molecular complexity index is 2430. The van der Waals surface area contributed by atoms with E-state index in [9.17, 15) is 0 Å². The van der Waals surface area contributed by atoms with Gasteiger partial charge in [0, 0.05) is 53.1 Å². The lowest BCUT2D eigenvalue weighted by Crippen LogP contribution is -1.92. The van der Waals surface area contributed by atoms with Gasteiger partial charge >= 0.3 is 0 Å². The molecule has 3 aromatic heterocycles. The molecule has 0 saturated heterocycles. The molecule has 9 rings (SSSR count). The van der Waals surface area contributed by atoms with Crippen LogP contribution in [0.1, 0.15) is 0 Å². The standard InChI is InChI=1S/C39H23N5/c1-3-26-4-2-14-44-39(26)36(5-1)33-11-7-25-8-12-34-32(10-6-24-9-13-35(33)38(25)37(24)34)29-16-27(30-18-40-22-41-19-30)15-28(17-29)31-20-42-23-43-21-31/h1-23H. The second kappa shape index (κ2) is 9.75. The van der Waals surface area contributed by atoms with Gasteiger partial charge in [0.15, 0.2) is 0 Å². The van der Waals surface area contributed by atoms with Gasteiger partial charge in [-0.1, -0.05) is 72.8 Å². The van der Waals surface area contributed by atoms with Crippen molar-refractivity contribution < 1.29 is 0 Å². The molecule has 0 fully saturated rings. The molecule has 0 aliphatic carbocycles. The number of hydrogen-bond acceptors (Lipinski definition) is 5. The Hall–Kier alpha value is -6.07. The van der Waals surface area contributed by atoms with Crippen LogP contribution in [0.15, 0.2) is 141 Å². The summed E-state index contributed by atoms with van der Waals surface area (Å²) >= 11 is 0. The number of benzene rings is 6. The topological polar surface area (TPSA) is 64.5 Å². The summed E-state index contributed by atoms with van der Waals surface area (Å²) in [5.74, 6) is 0. The Morgan fingerprint density at radius 3 is 1.59 bits per heavy atom. The van der Waals surface area contributed by atoms with Crippen LogP contribution in [0, 0.1) is 0 Å². The van der Waals surface area contributed by atoms with E-state index < -0.39 is 0 Å². The highest BCUT2D eigenvalue weighted by Crippen LogP contribution is 2.44. The normalized spacial score (nSPS) is 11.6. The molecule has 3 heterocycles. The minimum Gasteiger partial charge on any atom is -0.256 e. The van der Waals surface area contributed by atoms with E-state index >= 15 is 0 Å². The molecular formula is C39H23N5. The maximum Gasteiger partial charge on any atom is 0.115 e. The van der Waals surface area contributed by atoms with Gasteiger partial charge in [-0.15, -0.1) is 0 Å². The molecular weight excluding hydrogens is 538 g/mol. The van der Waals surface area contributed by atoms with E-state index in [2.05, 4.69) is 111 Å². The lowest BCUT2D eigenvalue weighted by molar-refractivity contribution is 1.17. The minimum absolute atomic E-state index is 0.957. The predicted molar refractivity (Wildman–Crippen MR) is 178 cm³/mol. The molecule has 0 aliphatic rings. The average Bonchev–Trinajstić information content (AvgIpc) is 3.11. The molecule has 0 aliphatic heterocycles. The van der Waals surface area contributed by atoms with Crippen molar-refractivity contribution in [2.75, 3.05) is 0 Å². The summed E-state index contributed by atoms with van der Waals surface area (Å²) in [5, 5.41) is 8.58. The molecule has 6 aromatic carbocycles. The van der Waals surface area contributed by atoms with Gasteiger partial charge in [-0.05, 0) is 84.4 Å². The summed E-state index contributed by atoms with van der Waals surface area (Å²) in [5.41, 5.74) is 9.63. The molecule has 204 valence electrons. The van der Waals surface area contributed by atoms with Crippen LogP contribution < -0.4 is 0 Å². The Labute approximate surface area is 252 Å². The summed E-state index contributed by atoms with van der Waals surface area (Å²) in [4.78, 5) is 21.9. The molecule has 0 N–H and O–H groups in total. The van der Waals surface area contributed by atoms with Gasteiger partial charge in [-0.25, -0.2) is 19.9 Å². The molecule has 0 saturated carbocycles. The van der Waals surface area contributed by atoms with Crippen LogP contribution >= 0.6 is 0 Å². The molecule has 9 aromatic rings. The first-order valence-corrected chi connectivity index (χ1v) is 14.5. The number of fused-ring (bicyclic) bond motifs is 1. The summed E-state index contributed by atoms with van der Waals surface area (Å²) in [7, 11) is 0. The Morgan fingerprint density at radius 1 is 0.386 bits per heavy atom. The maximum absolute atomic E-state index is 4.77. The lowest BCUT2D eigenvalue weighted by atomic mass is 9.86. The first-order chi connectivity index (χ1) is 21.8. The highest BCUT2D eigenvalue weighted by atomic mass is 14.8. The monoisotopic (exact) mass is 561 g/mol. The molecule has 0 atom stereocenters. The average molecular weight is 562 g/mol. The highest BCUT2D eigenvalue weighted by Gasteiger charge is 2.17. The van der Waals surface area contributed by atoms with Crippen molar-refractivity contribution in [2.45, 2.75) is 0 Å². The molecule has 44 heavy (non-hydrogen) atoms. The van der Waals surface area contributed by atoms with E-state index in [0.29, 0.717) is 0 Å². The molecule has 0 bridgehead atoms. The summed E-state index contributed by atoms with van der Waals surface area (Å²) in [6.07, 6.45) is 12.4. The second-order valence-corrected chi connectivity index (χ2v) is 11.1. The van der Waals surface area contributed by atoms with Crippen LogP contribution in [0.25, 0.3) is 87.7 Å². The van der Waals surface area contributed by atoms with Crippen molar-refractivity contribution in [1.82, 2.24) is 24.9 Å². The van der Waals surface area contributed by atoms with Gasteiger partial charge in [0.25, 0.3) is 0 Å². The van der Waals surface area contributed by atoms with Crippen molar-refractivity contribution in [3.8, 4) is 44.5 Å². The summed E-state index contributed by atoms with van der Waals surface area (Å²) < 4.78 is 0. The van der Waals surface area contributed by atoms with Crippen LogP contribution in [0.3, 0.4) is 0 Å². The largest absolute Gasteiger partial charge is 0.256 e. The van der Waals surface area contributed by atoms with Gasteiger partial charge < -0.3 is 0 Å². The number of aromatic nitrogens is 5. The molecule has 0 unspecified atom stereocenters. The van der Waals surface area contributed by atoms with Crippen molar-refractivity contribution in [3.05, 3.63) is 141 Å². The zero-order valence-corrected chi connectivity index (χ0v) is 23.5. The van der Waals surface area contributed by atoms with Crippen LogP contribution in [-0.4, -0.2) is 24.9 Å². The number of nitrogens with zero attached hydrogens (tertiary/aromatic N) is 5. The molecule has 0 radical (unpaired) electrons. The zero-order chi connectivity index (χ0) is 29.0. The van der Waals surface area contributed by atoms with E-state index in [4.69, 9.17) is 4.98 Å². The van der Waals surface area contributed by atoms with Gasteiger partial charge in [-0.3, -0.25) is 4.98 Å². The predicted octanol–water partition coefficient (Wildman–Crippen LogP) is 9.38. The van der Waals surface area contributed by atoms with Gasteiger partial charge in [0.05, 0.1) is 5.52 Å². The first-order valence-electron chi connectivity index (χ1n) is 14.5. The maximum atomic E-state index is 4.77. The highest BCUT2D eigenvalue weighted by molar-refractivity contribution is 6.28. The van der Waals surface area contributed by atoms with Crippen molar-refractivity contribution in [3.63, 3.8) is 0 Å². The first kappa shape index (κ1) is 24.5. The Kier molecular flexibility index (Phi) is 5.43. The van der Waals surface area contributed by atoms with E-state index in [1.165, 1.54) is 43.4 Å². The summed E-state index contributed by atoms with van der Waals surface area (Å²) in [6, 6.07) is 35.2. The third kappa shape index (κ3) is 3.83. The second-order valence-electron chi connectivity index (χ2n) is 11.1. The molecule has 5 heteroatoms. The van der Waals surface area contributed by atoms with E-state index in [-0.39, 0.29) is 0 Å². The van der Waals surface area contributed by atoms with Gasteiger partial charge in [-0.2, -0.15) is 0 Å². The van der Waals surface area contributed by atoms with E-state index in [1.54, 1.807) is 12.7 Å². The van der Waals surface area contributed by atoms with E-state index in [1.807, 2.05) is 37.1 Å². The van der Waals surface area contributed by atoms with Crippen molar-refractivity contribution in [2.24, 2.45) is 0 Å². The number of para-hydroxylation sites is 1. The fourth-order valence-corrected chi connectivity index (χ4v) is 6.62. The Morgan fingerprint density at radius 2 is 0.932 bits per heavy atom. The lowest BCUT2D eigenvalue weighted by Gasteiger charge is -2.18.